The molecule has 150 valence electrons. The van der Waals surface area contributed by atoms with E-state index in [1.807, 2.05) is 44.2 Å². The lowest BCUT2D eigenvalue weighted by Gasteiger charge is -2.25. The molecular weight excluding hydrogens is 370 g/mol. The molecule has 1 atom stereocenters. The van der Waals surface area contributed by atoms with Crippen LogP contribution in [-0.2, 0) is 0 Å². The summed E-state index contributed by atoms with van der Waals surface area (Å²) in [4.78, 5) is 28.1. The third-order valence-electron chi connectivity index (χ3n) is 5.19. The molecule has 0 fully saturated rings. The van der Waals surface area contributed by atoms with Crippen molar-refractivity contribution in [1.29, 1.82) is 0 Å². The number of amides is 1. The second-order valence-corrected chi connectivity index (χ2v) is 7.15. The third kappa shape index (κ3) is 3.29. The standard InChI is InChI=1S/C23H23NO5/c1-3-28-16-8-6-15(7-9-16)20-19-21(26)17-13-14(2)5-10-18(17)29-22(19)23(27)24(20)11-4-12-25/h5-10,13,20,25H,3-4,11-12H2,1-2H3/t20-/m1/s1. The molecule has 1 aromatic heterocycles. The zero-order valence-corrected chi connectivity index (χ0v) is 16.5. The third-order valence-corrected chi connectivity index (χ3v) is 5.19. The van der Waals surface area contributed by atoms with E-state index >= 15 is 0 Å². The molecule has 0 radical (unpaired) electrons. The number of carbonyl (C=O) groups excluding carboxylic acids is 1. The van der Waals surface area contributed by atoms with Crippen LogP contribution in [0.5, 0.6) is 5.75 Å². The molecule has 2 heterocycles. The first kappa shape index (κ1) is 19.2. The van der Waals surface area contributed by atoms with Crippen molar-refractivity contribution < 1.29 is 19.1 Å². The molecule has 6 nitrogen and oxygen atoms in total. The molecule has 2 aromatic carbocycles. The Morgan fingerprint density at radius 2 is 1.90 bits per heavy atom. The van der Waals surface area contributed by atoms with Gasteiger partial charge in [-0.15, -0.1) is 0 Å². The van der Waals surface area contributed by atoms with Crippen LogP contribution in [0.2, 0.25) is 0 Å². The van der Waals surface area contributed by atoms with Crippen LogP contribution in [0.15, 0.2) is 51.7 Å². The molecule has 0 bridgehead atoms. The van der Waals surface area contributed by atoms with Gasteiger partial charge in [0.15, 0.2) is 5.43 Å². The predicted octanol–water partition coefficient (Wildman–Crippen LogP) is 3.43. The van der Waals surface area contributed by atoms with Crippen molar-refractivity contribution in [3.63, 3.8) is 0 Å². The van der Waals surface area contributed by atoms with Gasteiger partial charge in [-0.05, 0) is 50.1 Å². The maximum atomic E-state index is 13.4. The number of fused-ring (bicyclic) bond motifs is 2. The molecule has 1 aliphatic rings. The Balaban J connectivity index is 1.90. The van der Waals surface area contributed by atoms with Crippen LogP contribution >= 0.6 is 0 Å². The Morgan fingerprint density at radius 1 is 1.14 bits per heavy atom. The van der Waals surface area contributed by atoms with E-state index in [-0.39, 0.29) is 23.7 Å². The van der Waals surface area contributed by atoms with Gasteiger partial charge in [0.1, 0.15) is 11.3 Å². The second-order valence-electron chi connectivity index (χ2n) is 7.15. The summed E-state index contributed by atoms with van der Waals surface area (Å²) < 4.78 is 11.4. The minimum Gasteiger partial charge on any atom is -0.494 e. The van der Waals surface area contributed by atoms with Gasteiger partial charge in [-0.2, -0.15) is 0 Å². The first-order valence-corrected chi connectivity index (χ1v) is 9.77. The minimum absolute atomic E-state index is 0.0430. The highest BCUT2D eigenvalue weighted by molar-refractivity contribution is 5.99. The number of nitrogens with zero attached hydrogens (tertiary/aromatic N) is 1. The number of ether oxygens (including phenoxy) is 1. The number of aliphatic hydroxyl groups is 1. The molecule has 4 rings (SSSR count). The van der Waals surface area contributed by atoms with Crippen molar-refractivity contribution in [2.24, 2.45) is 0 Å². The van der Waals surface area contributed by atoms with Crippen molar-refractivity contribution in [3.8, 4) is 5.75 Å². The van der Waals surface area contributed by atoms with E-state index in [1.165, 1.54) is 0 Å². The normalized spacial score (nSPS) is 15.8. The molecular formula is C23H23NO5. The summed E-state index contributed by atoms with van der Waals surface area (Å²) in [5.74, 6) is 0.485. The molecule has 0 saturated heterocycles. The van der Waals surface area contributed by atoms with E-state index in [0.717, 1.165) is 16.9 Å². The smallest absolute Gasteiger partial charge is 0.290 e. The van der Waals surface area contributed by atoms with Crippen LogP contribution < -0.4 is 10.2 Å². The van der Waals surface area contributed by atoms with Crippen molar-refractivity contribution in [3.05, 3.63) is 75.1 Å². The Kier molecular flexibility index (Phi) is 5.11. The molecule has 1 N–H and O–H groups in total. The molecule has 0 unspecified atom stereocenters. The van der Waals surface area contributed by atoms with Gasteiger partial charge in [-0.3, -0.25) is 9.59 Å². The highest BCUT2D eigenvalue weighted by Gasteiger charge is 2.42. The molecule has 1 amide bonds. The number of rotatable bonds is 6. The summed E-state index contributed by atoms with van der Waals surface area (Å²) in [5.41, 5.74) is 2.32. The Hall–Kier alpha value is -3.12. The average molecular weight is 393 g/mol. The van der Waals surface area contributed by atoms with E-state index in [9.17, 15) is 14.7 Å². The zero-order chi connectivity index (χ0) is 20.5. The summed E-state index contributed by atoms with van der Waals surface area (Å²) >= 11 is 0. The van der Waals surface area contributed by atoms with Crippen molar-refractivity contribution in [2.45, 2.75) is 26.3 Å². The van der Waals surface area contributed by atoms with Crippen LogP contribution in [0.3, 0.4) is 0 Å². The Morgan fingerprint density at radius 3 is 2.59 bits per heavy atom. The first-order chi connectivity index (χ1) is 14.0. The summed E-state index contributed by atoms with van der Waals surface area (Å²) in [7, 11) is 0. The predicted molar refractivity (Wildman–Crippen MR) is 109 cm³/mol. The van der Waals surface area contributed by atoms with Crippen LogP contribution in [0.1, 0.15) is 46.6 Å². The molecule has 0 saturated carbocycles. The fraction of sp³-hybridized carbons (Fsp3) is 0.304. The largest absolute Gasteiger partial charge is 0.494 e. The van der Waals surface area contributed by atoms with Crippen LogP contribution in [0, 0.1) is 6.92 Å². The maximum absolute atomic E-state index is 13.4. The van der Waals surface area contributed by atoms with Gasteiger partial charge in [-0.1, -0.05) is 23.8 Å². The van der Waals surface area contributed by atoms with Gasteiger partial charge in [0.25, 0.3) is 5.91 Å². The van der Waals surface area contributed by atoms with Gasteiger partial charge in [0.2, 0.25) is 5.76 Å². The summed E-state index contributed by atoms with van der Waals surface area (Å²) in [6.07, 6.45) is 0.417. The molecule has 0 spiro atoms. The van der Waals surface area contributed by atoms with E-state index in [0.29, 0.717) is 36.1 Å². The highest BCUT2D eigenvalue weighted by atomic mass is 16.5. The lowest BCUT2D eigenvalue weighted by atomic mass is 9.98. The van der Waals surface area contributed by atoms with E-state index in [2.05, 4.69) is 0 Å². The summed E-state index contributed by atoms with van der Waals surface area (Å²) in [6, 6.07) is 12.2. The monoisotopic (exact) mass is 393 g/mol. The SMILES string of the molecule is CCOc1ccc([C@@H]2c3c(oc4ccc(C)cc4c3=O)C(=O)N2CCCO)cc1. The van der Waals surface area contributed by atoms with Crippen molar-refractivity contribution >= 4 is 16.9 Å². The topological polar surface area (TPSA) is 80.0 Å². The first-order valence-electron chi connectivity index (χ1n) is 9.77. The van der Waals surface area contributed by atoms with Gasteiger partial charge >= 0.3 is 0 Å². The molecule has 6 heteroatoms. The van der Waals surface area contributed by atoms with E-state index < -0.39 is 6.04 Å². The molecule has 29 heavy (non-hydrogen) atoms. The average Bonchev–Trinajstić information content (AvgIpc) is 3.00. The molecule has 3 aromatic rings. The van der Waals surface area contributed by atoms with Crippen molar-refractivity contribution in [2.75, 3.05) is 19.8 Å². The minimum atomic E-state index is -0.555. The lowest BCUT2D eigenvalue weighted by Crippen LogP contribution is -2.31. The number of hydrogen-bond donors (Lipinski definition) is 1. The van der Waals surface area contributed by atoms with Crippen LogP contribution in [0.25, 0.3) is 11.0 Å². The number of aryl methyl sites for hydroxylation is 1. The van der Waals surface area contributed by atoms with Gasteiger partial charge in [0, 0.05) is 13.2 Å². The lowest BCUT2D eigenvalue weighted by molar-refractivity contribution is 0.0716. The number of aliphatic hydroxyl groups excluding tert-OH is 1. The number of carbonyl (C=O) groups is 1. The highest BCUT2D eigenvalue weighted by Crippen LogP contribution is 2.38. The van der Waals surface area contributed by atoms with Crippen molar-refractivity contribution in [1.82, 2.24) is 4.90 Å². The maximum Gasteiger partial charge on any atom is 0.290 e. The summed E-state index contributed by atoms with van der Waals surface area (Å²) in [6.45, 7) is 4.66. The van der Waals surface area contributed by atoms with Crippen LogP contribution in [0.4, 0.5) is 0 Å². The second kappa shape index (κ2) is 7.72. The van der Waals surface area contributed by atoms with Gasteiger partial charge in [-0.25, -0.2) is 0 Å². The molecule has 1 aliphatic heterocycles. The number of benzene rings is 2. The molecule has 0 aliphatic carbocycles. The zero-order valence-electron chi connectivity index (χ0n) is 16.5. The Labute approximate surface area is 168 Å². The quantitative estimate of drug-likeness (QED) is 0.694. The van der Waals surface area contributed by atoms with Crippen LogP contribution in [-0.4, -0.2) is 35.7 Å². The van der Waals surface area contributed by atoms with Gasteiger partial charge in [0.05, 0.1) is 23.6 Å². The van der Waals surface area contributed by atoms with Gasteiger partial charge < -0.3 is 19.2 Å². The van der Waals surface area contributed by atoms with E-state index in [4.69, 9.17) is 9.15 Å². The fourth-order valence-electron chi connectivity index (χ4n) is 3.87. The Bertz CT molecular complexity index is 1120. The number of hydrogen-bond acceptors (Lipinski definition) is 5. The summed E-state index contributed by atoms with van der Waals surface area (Å²) in [5, 5.41) is 9.75. The fourth-order valence-corrected chi connectivity index (χ4v) is 3.87. The van der Waals surface area contributed by atoms with E-state index in [1.54, 1.807) is 17.0 Å².